The van der Waals surface area contributed by atoms with E-state index in [9.17, 15) is 9.50 Å². The van der Waals surface area contributed by atoms with Crippen molar-refractivity contribution in [3.8, 4) is 0 Å². The van der Waals surface area contributed by atoms with Gasteiger partial charge in [-0.3, -0.25) is 0 Å². The van der Waals surface area contributed by atoms with Gasteiger partial charge in [0.15, 0.2) is 0 Å². The lowest BCUT2D eigenvalue weighted by atomic mass is 10.1. The van der Waals surface area contributed by atoms with Crippen molar-refractivity contribution in [2.45, 2.75) is 6.10 Å². The van der Waals surface area contributed by atoms with Gasteiger partial charge in [0.05, 0.1) is 0 Å². The van der Waals surface area contributed by atoms with Gasteiger partial charge in [-0.15, -0.1) is 5.10 Å². The van der Waals surface area contributed by atoms with E-state index < -0.39 is 6.10 Å². The molecule has 0 fully saturated rings. The third-order valence-corrected chi connectivity index (χ3v) is 2.37. The van der Waals surface area contributed by atoms with Gasteiger partial charge < -0.3 is 5.11 Å². The molecule has 1 unspecified atom stereocenters. The molecule has 3 nitrogen and oxygen atoms in total. The minimum atomic E-state index is -0.825. The Bertz CT molecular complexity index is 401. The molecule has 0 saturated heterocycles. The van der Waals surface area contributed by atoms with Gasteiger partial charge in [-0.2, -0.15) is 0 Å². The SMILES string of the molecule is OC(c1ccc(F)cc1)c1csnn1. The lowest BCUT2D eigenvalue weighted by Crippen LogP contribution is -1.99. The molecule has 0 amide bonds. The van der Waals surface area contributed by atoms with Crippen LogP contribution in [0.25, 0.3) is 0 Å². The Hall–Kier alpha value is -1.33. The summed E-state index contributed by atoms with van der Waals surface area (Å²) in [7, 11) is 0. The number of benzene rings is 1. The van der Waals surface area contributed by atoms with Crippen molar-refractivity contribution < 1.29 is 9.50 Å². The van der Waals surface area contributed by atoms with E-state index in [-0.39, 0.29) is 5.82 Å². The first-order valence-corrected chi connectivity index (χ1v) is 4.81. The van der Waals surface area contributed by atoms with E-state index >= 15 is 0 Å². The van der Waals surface area contributed by atoms with Crippen LogP contribution in [0.2, 0.25) is 0 Å². The predicted molar refractivity (Wildman–Crippen MR) is 50.4 cm³/mol. The van der Waals surface area contributed by atoms with E-state index in [2.05, 4.69) is 9.59 Å². The minimum absolute atomic E-state index is 0.322. The summed E-state index contributed by atoms with van der Waals surface area (Å²) in [6.45, 7) is 0. The molecule has 0 radical (unpaired) electrons. The molecule has 5 heteroatoms. The number of aromatic nitrogens is 2. The van der Waals surface area contributed by atoms with Crippen LogP contribution in [0.15, 0.2) is 29.6 Å². The largest absolute Gasteiger partial charge is 0.382 e. The molecule has 0 aliphatic heterocycles. The normalized spacial score (nSPS) is 12.7. The molecule has 1 aromatic heterocycles. The zero-order chi connectivity index (χ0) is 9.97. The minimum Gasteiger partial charge on any atom is -0.382 e. The van der Waals surface area contributed by atoms with Gasteiger partial charge in [0.2, 0.25) is 0 Å². The number of hydrogen-bond donors (Lipinski definition) is 1. The fraction of sp³-hybridized carbons (Fsp3) is 0.111. The van der Waals surface area contributed by atoms with Crippen molar-refractivity contribution >= 4 is 11.5 Å². The molecule has 72 valence electrons. The highest BCUT2D eigenvalue weighted by Gasteiger charge is 2.12. The summed E-state index contributed by atoms with van der Waals surface area (Å²) in [5.41, 5.74) is 1.10. The predicted octanol–water partition coefficient (Wildman–Crippen LogP) is 1.76. The summed E-state index contributed by atoms with van der Waals surface area (Å²) in [6.07, 6.45) is -0.825. The molecule has 0 aliphatic rings. The van der Waals surface area contributed by atoms with Crippen molar-refractivity contribution in [1.82, 2.24) is 9.59 Å². The van der Waals surface area contributed by atoms with Gasteiger partial charge in [-0.1, -0.05) is 16.6 Å². The molecule has 0 spiro atoms. The monoisotopic (exact) mass is 210 g/mol. The average molecular weight is 210 g/mol. The fourth-order valence-electron chi connectivity index (χ4n) is 1.11. The van der Waals surface area contributed by atoms with E-state index in [0.717, 1.165) is 0 Å². The van der Waals surface area contributed by atoms with Gasteiger partial charge in [-0.25, -0.2) is 4.39 Å². The smallest absolute Gasteiger partial charge is 0.124 e. The standard InChI is InChI=1S/C9H7FN2OS/c10-7-3-1-6(2-4-7)9(13)8-5-14-12-11-8/h1-5,9,13H. The summed E-state index contributed by atoms with van der Waals surface area (Å²) >= 11 is 1.17. The first-order valence-electron chi connectivity index (χ1n) is 3.98. The van der Waals surface area contributed by atoms with Gasteiger partial charge in [0.1, 0.15) is 17.6 Å². The van der Waals surface area contributed by atoms with E-state index in [4.69, 9.17) is 0 Å². The van der Waals surface area contributed by atoms with Crippen LogP contribution in [0.4, 0.5) is 4.39 Å². The van der Waals surface area contributed by atoms with E-state index in [1.54, 1.807) is 5.38 Å². The molecule has 2 rings (SSSR count). The van der Waals surface area contributed by atoms with Crippen LogP contribution in [-0.4, -0.2) is 14.7 Å². The van der Waals surface area contributed by atoms with Crippen LogP contribution in [0.1, 0.15) is 17.4 Å². The maximum absolute atomic E-state index is 12.6. The number of nitrogens with zero attached hydrogens (tertiary/aromatic N) is 2. The molecular formula is C9H7FN2OS. The number of rotatable bonds is 2. The van der Waals surface area contributed by atoms with Crippen molar-refractivity contribution in [3.05, 3.63) is 46.7 Å². The first kappa shape index (κ1) is 9.23. The average Bonchev–Trinajstić information content (AvgIpc) is 2.71. The van der Waals surface area contributed by atoms with Crippen LogP contribution in [0, 0.1) is 5.82 Å². The first-order chi connectivity index (χ1) is 6.77. The van der Waals surface area contributed by atoms with Gasteiger partial charge >= 0.3 is 0 Å². The Balaban J connectivity index is 2.28. The van der Waals surface area contributed by atoms with Crippen LogP contribution < -0.4 is 0 Å². The molecule has 1 aromatic carbocycles. The van der Waals surface area contributed by atoms with Crippen molar-refractivity contribution in [1.29, 1.82) is 0 Å². The zero-order valence-corrected chi connectivity index (χ0v) is 7.91. The second-order valence-electron chi connectivity index (χ2n) is 2.78. The molecule has 1 atom stereocenters. The number of hydrogen-bond acceptors (Lipinski definition) is 4. The lowest BCUT2D eigenvalue weighted by molar-refractivity contribution is 0.215. The Morgan fingerprint density at radius 1 is 1.29 bits per heavy atom. The summed E-state index contributed by atoms with van der Waals surface area (Å²) < 4.78 is 16.2. The van der Waals surface area contributed by atoms with Gasteiger partial charge in [0.25, 0.3) is 0 Å². The van der Waals surface area contributed by atoms with Crippen molar-refractivity contribution in [2.75, 3.05) is 0 Å². The third kappa shape index (κ3) is 1.78. The maximum atomic E-state index is 12.6. The van der Waals surface area contributed by atoms with Crippen molar-refractivity contribution in [2.24, 2.45) is 0 Å². The molecule has 0 bridgehead atoms. The van der Waals surface area contributed by atoms with Crippen LogP contribution in [0.3, 0.4) is 0 Å². The molecule has 14 heavy (non-hydrogen) atoms. The van der Waals surface area contributed by atoms with Crippen LogP contribution >= 0.6 is 11.5 Å². The zero-order valence-electron chi connectivity index (χ0n) is 7.09. The second kappa shape index (κ2) is 3.81. The number of halogens is 1. The quantitative estimate of drug-likeness (QED) is 0.821. The highest BCUT2D eigenvalue weighted by atomic mass is 32.1. The fourth-order valence-corrected chi connectivity index (χ4v) is 1.58. The van der Waals surface area contributed by atoms with E-state index in [1.807, 2.05) is 0 Å². The molecule has 1 heterocycles. The summed E-state index contributed by atoms with van der Waals surface area (Å²) in [5, 5.41) is 15.2. The second-order valence-corrected chi connectivity index (χ2v) is 3.39. The summed E-state index contributed by atoms with van der Waals surface area (Å²) in [6, 6.07) is 5.66. The summed E-state index contributed by atoms with van der Waals surface area (Å²) in [5.74, 6) is -0.322. The number of aliphatic hydroxyl groups is 1. The molecule has 0 saturated carbocycles. The lowest BCUT2D eigenvalue weighted by Gasteiger charge is -2.06. The molecule has 1 N–H and O–H groups in total. The van der Waals surface area contributed by atoms with E-state index in [1.165, 1.54) is 35.8 Å². The third-order valence-electron chi connectivity index (χ3n) is 1.84. The van der Waals surface area contributed by atoms with E-state index in [0.29, 0.717) is 11.3 Å². The Labute approximate surface area is 84.0 Å². The molecular weight excluding hydrogens is 203 g/mol. The number of aliphatic hydroxyl groups excluding tert-OH is 1. The van der Waals surface area contributed by atoms with Crippen LogP contribution in [0.5, 0.6) is 0 Å². The van der Waals surface area contributed by atoms with Crippen LogP contribution in [-0.2, 0) is 0 Å². The highest BCUT2D eigenvalue weighted by Crippen LogP contribution is 2.20. The molecule has 2 aromatic rings. The van der Waals surface area contributed by atoms with Gasteiger partial charge in [-0.05, 0) is 29.2 Å². The Kier molecular flexibility index (Phi) is 2.51. The van der Waals surface area contributed by atoms with Crippen molar-refractivity contribution in [3.63, 3.8) is 0 Å². The van der Waals surface area contributed by atoms with Gasteiger partial charge in [0, 0.05) is 5.38 Å². The maximum Gasteiger partial charge on any atom is 0.124 e. The Morgan fingerprint density at radius 2 is 2.00 bits per heavy atom. The molecule has 0 aliphatic carbocycles. The topological polar surface area (TPSA) is 46.0 Å². The highest BCUT2D eigenvalue weighted by molar-refractivity contribution is 7.03. The summed E-state index contributed by atoms with van der Waals surface area (Å²) in [4.78, 5) is 0. The Morgan fingerprint density at radius 3 is 2.57 bits per heavy atom.